The molecule has 1 atom stereocenters. The molecule has 9 nitrogen and oxygen atoms in total. The monoisotopic (exact) mass is 416 g/mol. The Hall–Kier alpha value is -1.91. The third kappa shape index (κ3) is 5.55. The number of hydrogen-bond acceptors (Lipinski definition) is 6. The van der Waals surface area contributed by atoms with E-state index in [0.717, 1.165) is 31.4 Å². The molecule has 1 aliphatic heterocycles. The Balaban J connectivity index is 1.93. The Morgan fingerprint density at radius 3 is 2.57 bits per heavy atom. The van der Waals surface area contributed by atoms with E-state index in [0.29, 0.717) is 19.4 Å². The second kappa shape index (κ2) is 10.0. The molecular formula is C18H28N2O7S. The molecule has 1 saturated heterocycles. The first-order valence-corrected chi connectivity index (χ1v) is 10.9. The fraction of sp³-hybridized carbons (Fsp3) is 0.667. The molecule has 2 rings (SSSR count). The van der Waals surface area contributed by atoms with E-state index in [9.17, 15) is 18.0 Å². The van der Waals surface area contributed by atoms with Gasteiger partial charge in [-0.2, -0.15) is 4.31 Å². The van der Waals surface area contributed by atoms with Crippen molar-refractivity contribution in [1.29, 1.82) is 0 Å². The van der Waals surface area contributed by atoms with Crippen LogP contribution in [0.5, 0.6) is 0 Å². The molecule has 28 heavy (non-hydrogen) atoms. The minimum atomic E-state index is -3.92. The summed E-state index contributed by atoms with van der Waals surface area (Å²) < 4.78 is 36.5. The highest BCUT2D eigenvalue weighted by atomic mass is 32.2. The van der Waals surface area contributed by atoms with Crippen molar-refractivity contribution in [2.45, 2.75) is 50.2 Å². The Labute approximate surface area is 165 Å². The molecule has 2 heterocycles. The van der Waals surface area contributed by atoms with E-state index in [2.05, 4.69) is 12.2 Å². The van der Waals surface area contributed by atoms with Crippen LogP contribution in [0.1, 0.15) is 49.6 Å². The SMILES string of the molecule is CCCC[C@@H](COC)NC(=O)C1CCN(S(=O)(=O)c2ccc(C(=O)O)o2)CC1. The Morgan fingerprint density at radius 2 is 2.04 bits per heavy atom. The molecule has 1 aromatic heterocycles. The molecule has 2 N–H and O–H groups in total. The number of carboxylic acid groups (broad SMARTS) is 1. The Morgan fingerprint density at radius 1 is 1.36 bits per heavy atom. The number of rotatable bonds is 10. The number of furan rings is 1. The summed E-state index contributed by atoms with van der Waals surface area (Å²) in [7, 11) is -2.32. The summed E-state index contributed by atoms with van der Waals surface area (Å²) in [6.07, 6.45) is 3.65. The van der Waals surface area contributed by atoms with Crippen molar-refractivity contribution in [3.05, 3.63) is 17.9 Å². The summed E-state index contributed by atoms with van der Waals surface area (Å²) in [5.41, 5.74) is 0. The first kappa shape index (κ1) is 22.4. The molecule has 0 spiro atoms. The maximum absolute atomic E-state index is 12.6. The predicted octanol–water partition coefficient (Wildman–Crippen LogP) is 1.70. The summed E-state index contributed by atoms with van der Waals surface area (Å²) in [5, 5.41) is 11.5. The predicted molar refractivity (Wildman–Crippen MR) is 100 cm³/mol. The van der Waals surface area contributed by atoms with E-state index in [1.54, 1.807) is 7.11 Å². The second-order valence-corrected chi connectivity index (χ2v) is 8.77. The van der Waals surface area contributed by atoms with Gasteiger partial charge in [0.1, 0.15) is 0 Å². The molecule has 0 aromatic carbocycles. The molecule has 0 radical (unpaired) electrons. The lowest BCUT2D eigenvalue weighted by Gasteiger charge is -2.30. The number of sulfonamides is 1. The molecule has 1 amide bonds. The first-order chi connectivity index (χ1) is 13.3. The molecular weight excluding hydrogens is 388 g/mol. The van der Waals surface area contributed by atoms with Crippen molar-refractivity contribution in [3.8, 4) is 0 Å². The number of nitrogens with zero attached hydrogens (tertiary/aromatic N) is 1. The number of aromatic carboxylic acids is 1. The van der Waals surface area contributed by atoms with Crippen LogP contribution in [0.4, 0.5) is 0 Å². The third-order valence-corrected chi connectivity index (χ3v) is 6.60. The summed E-state index contributed by atoms with van der Waals surface area (Å²) in [4.78, 5) is 23.4. The smallest absolute Gasteiger partial charge is 0.371 e. The van der Waals surface area contributed by atoms with Crippen molar-refractivity contribution in [3.63, 3.8) is 0 Å². The van der Waals surface area contributed by atoms with Gasteiger partial charge in [-0.05, 0) is 31.4 Å². The van der Waals surface area contributed by atoms with Crippen molar-refractivity contribution < 1.29 is 32.3 Å². The van der Waals surface area contributed by atoms with Crippen molar-refractivity contribution in [2.75, 3.05) is 26.8 Å². The third-order valence-electron chi connectivity index (χ3n) is 4.83. The highest BCUT2D eigenvalue weighted by molar-refractivity contribution is 7.89. The van der Waals surface area contributed by atoms with Gasteiger partial charge in [0.25, 0.3) is 10.0 Å². The average molecular weight is 416 g/mol. The van der Waals surface area contributed by atoms with E-state index >= 15 is 0 Å². The molecule has 1 fully saturated rings. The van der Waals surface area contributed by atoms with Gasteiger partial charge < -0.3 is 19.6 Å². The van der Waals surface area contributed by atoms with Crippen molar-refractivity contribution in [1.82, 2.24) is 9.62 Å². The Kier molecular flexibility index (Phi) is 8.02. The maximum Gasteiger partial charge on any atom is 0.371 e. The van der Waals surface area contributed by atoms with Gasteiger partial charge in [-0.1, -0.05) is 19.8 Å². The summed E-state index contributed by atoms with van der Waals surface area (Å²) in [6, 6.07) is 2.21. The zero-order valence-electron chi connectivity index (χ0n) is 16.2. The van der Waals surface area contributed by atoms with Gasteiger partial charge in [-0.3, -0.25) is 4.79 Å². The van der Waals surface area contributed by atoms with Gasteiger partial charge in [0.2, 0.25) is 16.8 Å². The van der Waals surface area contributed by atoms with Gasteiger partial charge in [0.05, 0.1) is 12.6 Å². The quantitative estimate of drug-likeness (QED) is 0.594. The summed E-state index contributed by atoms with van der Waals surface area (Å²) >= 11 is 0. The number of carbonyl (C=O) groups is 2. The summed E-state index contributed by atoms with van der Waals surface area (Å²) in [5.74, 6) is -2.10. The Bertz CT molecular complexity index is 767. The number of carboxylic acids is 1. The minimum Gasteiger partial charge on any atom is -0.475 e. The zero-order chi connectivity index (χ0) is 20.7. The number of methoxy groups -OCH3 is 1. The van der Waals surface area contributed by atoms with E-state index in [4.69, 9.17) is 14.3 Å². The lowest BCUT2D eigenvalue weighted by molar-refractivity contribution is -0.127. The number of nitrogens with one attached hydrogen (secondary N) is 1. The van der Waals surface area contributed by atoms with E-state index in [1.807, 2.05) is 0 Å². The van der Waals surface area contributed by atoms with Crippen LogP contribution in [0.3, 0.4) is 0 Å². The highest BCUT2D eigenvalue weighted by Crippen LogP contribution is 2.25. The fourth-order valence-electron chi connectivity index (χ4n) is 3.23. The van der Waals surface area contributed by atoms with Crippen LogP contribution in [0.2, 0.25) is 0 Å². The van der Waals surface area contributed by atoms with Gasteiger partial charge in [-0.25, -0.2) is 13.2 Å². The molecule has 1 aliphatic rings. The maximum atomic E-state index is 12.6. The summed E-state index contributed by atoms with van der Waals surface area (Å²) in [6.45, 7) is 2.88. The second-order valence-electron chi connectivity index (χ2n) is 6.91. The van der Waals surface area contributed by atoms with Gasteiger partial charge in [0, 0.05) is 26.1 Å². The van der Waals surface area contributed by atoms with Crippen LogP contribution in [-0.4, -0.2) is 62.6 Å². The van der Waals surface area contributed by atoms with Crippen LogP contribution in [0.25, 0.3) is 0 Å². The number of hydrogen-bond donors (Lipinski definition) is 2. The van der Waals surface area contributed by atoms with Gasteiger partial charge in [0.15, 0.2) is 0 Å². The molecule has 0 saturated carbocycles. The largest absolute Gasteiger partial charge is 0.475 e. The highest BCUT2D eigenvalue weighted by Gasteiger charge is 2.34. The van der Waals surface area contributed by atoms with Crippen LogP contribution < -0.4 is 5.32 Å². The molecule has 0 aliphatic carbocycles. The van der Waals surface area contributed by atoms with E-state index < -0.39 is 26.8 Å². The lowest BCUT2D eigenvalue weighted by Crippen LogP contribution is -2.46. The number of unbranched alkanes of at least 4 members (excludes halogenated alkanes) is 1. The minimum absolute atomic E-state index is 0.0447. The van der Waals surface area contributed by atoms with Crippen LogP contribution in [0.15, 0.2) is 21.6 Å². The van der Waals surface area contributed by atoms with Crippen LogP contribution in [-0.2, 0) is 19.6 Å². The topological polar surface area (TPSA) is 126 Å². The molecule has 0 bridgehead atoms. The van der Waals surface area contributed by atoms with Crippen LogP contribution >= 0.6 is 0 Å². The van der Waals surface area contributed by atoms with Gasteiger partial charge in [-0.15, -0.1) is 0 Å². The fourth-order valence-corrected chi connectivity index (χ4v) is 4.61. The zero-order valence-corrected chi connectivity index (χ0v) is 17.0. The molecule has 1 aromatic rings. The molecule has 158 valence electrons. The van der Waals surface area contributed by atoms with Crippen molar-refractivity contribution in [2.24, 2.45) is 5.92 Å². The lowest BCUT2D eigenvalue weighted by atomic mass is 9.96. The first-order valence-electron chi connectivity index (χ1n) is 9.42. The van der Waals surface area contributed by atoms with E-state index in [-0.39, 0.29) is 31.0 Å². The van der Waals surface area contributed by atoms with Crippen LogP contribution in [0, 0.1) is 5.92 Å². The number of ether oxygens (including phenoxy) is 1. The standard InChI is InChI=1S/C18H28N2O7S/c1-3-4-5-14(12-26-2)19-17(21)13-8-10-20(11-9-13)28(24,25)16-7-6-15(27-16)18(22)23/h6-7,13-14H,3-5,8-12H2,1-2H3,(H,19,21)(H,22,23)/t14-/m0/s1. The number of carbonyl (C=O) groups excluding carboxylic acids is 1. The number of amides is 1. The average Bonchev–Trinajstić information content (AvgIpc) is 3.18. The molecule has 0 unspecified atom stereocenters. The van der Waals surface area contributed by atoms with E-state index in [1.165, 1.54) is 4.31 Å². The van der Waals surface area contributed by atoms with Crippen molar-refractivity contribution >= 4 is 21.9 Å². The number of piperidine rings is 1. The normalized spacial score (nSPS) is 17.4. The van der Waals surface area contributed by atoms with Gasteiger partial charge >= 0.3 is 5.97 Å². The molecule has 10 heteroatoms.